The molecule has 2 N–H and O–H groups in total. The number of amides is 3. The second-order valence-corrected chi connectivity index (χ2v) is 4.61. The zero-order valence-corrected chi connectivity index (χ0v) is 11.9. The maximum Gasteiger partial charge on any atom is 0.416 e. The van der Waals surface area contributed by atoms with Crippen LogP contribution in [0.15, 0.2) is 30.2 Å². The van der Waals surface area contributed by atoms with E-state index in [9.17, 15) is 35.9 Å². The van der Waals surface area contributed by atoms with Crippen LogP contribution in [0.4, 0.5) is 36.8 Å². The van der Waals surface area contributed by atoms with Crippen LogP contribution in [0, 0.1) is 0 Å². The lowest BCUT2D eigenvalue weighted by Crippen LogP contribution is -2.35. The highest BCUT2D eigenvalue weighted by atomic mass is 19.4. The van der Waals surface area contributed by atoms with E-state index in [1.54, 1.807) is 10.6 Å². The van der Waals surface area contributed by atoms with Gasteiger partial charge in [0.15, 0.2) is 0 Å². The molecule has 1 aliphatic heterocycles. The molecule has 3 amide bonds. The predicted molar refractivity (Wildman–Crippen MR) is 68.7 cm³/mol. The third-order valence-electron chi connectivity index (χ3n) is 2.77. The van der Waals surface area contributed by atoms with Gasteiger partial charge < -0.3 is 14.8 Å². The molecule has 1 heterocycles. The molecule has 0 spiro atoms. The summed E-state index contributed by atoms with van der Waals surface area (Å²) in [4.78, 5) is 23.1. The van der Waals surface area contributed by atoms with Crippen LogP contribution in [0.5, 0.6) is 0 Å². The molecular formula is C13H8F6N2O4. The average molecular weight is 370 g/mol. The van der Waals surface area contributed by atoms with Crippen LogP contribution in [0.1, 0.15) is 11.1 Å². The van der Waals surface area contributed by atoms with Gasteiger partial charge in [-0.2, -0.15) is 26.3 Å². The maximum atomic E-state index is 12.7. The van der Waals surface area contributed by atoms with Crippen molar-refractivity contribution in [1.29, 1.82) is 0 Å². The Morgan fingerprint density at radius 2 is 1.52 bits per heavy atom. The Bertz CT molecular complexity index is 694. The van der Waals surface area contributed by atoms with Crippen molar-refractivity contribution in [3.8, 4) is 0 Å². The highest BCUT2D eigenvalue weighted by Gasteiger charge is 2.37. The molecule has 0 aromatic heterocycles. The number of hydrogen-bond acceptors (Lipinski definition) is 4. The van der Waals surface area contributed by atoms with Gasteiger partial charge in [0.25, 0.3) is 5.91 Å². The van der Waals surface area contributed by atoms with E-state index in [2.05, 4.69) is 9.47 Å². The third kappa shape index (κ3) is 4.78. The molecule has 0 fully saturated rings. The topological polar surface area (TPSA) is 76.7 Å². The van der Waals surface area contributed by atoms with Crippen molar-refractivity contribution in [1.82, 2.24) is 5.32 Å². The van der Waals surface area contributed by atoms with Crippen LogP contribution in [-0.4, -0.2) is 18.7 Å². The van der Waals surface area contributed by atoms with Crippen molar-refractivity contribution in [3.05, 3.63) is 41.3 Å². The summed E-state index contributed by atoms with van der Waals surface area (Å²) in [5, 5.41) is 3.39. The first-order chi connectivity index (χ1) is 11.5. The summed E-state index contributed by atoms with van der Waals surface area (Å²) in [6.45, 7) is -0.271. The standard InChI is InChI=1S/C13H8F6N2O4/c14-12(15,16)6-1-7(13(17,18)19)3-8(2-6)20-11(23)21-10(22)9-4-24-5-25-9/h1-4H,5H2,(H2,20,21,22,23). The molecule has 2 rings (SSSR count). The minimum Gasteiger partial charge on any atom is -0.461 e. The monoisotopic (exact) mass is 370 g/mol. The molecule has 136 valence electrons. The van der Waals surface area contributed by atoms with E-state index in [-0.39, 0.29) is 18.6 Å². The molecule has 0 saturated heterocycles. The molecule has 0 atom stereocenters. The van der Waals surface area contributed by atoms with E-state index in [4.69, 9.17) is 0 Å². The SMILES string of the molecule is O=C(NC(=O)C1=COCO1)Nc1cc(C(F)(F)F)cc(C(F)(F)F)c1. The number of halogens is 6. The molecule has 0 bridgehead atoms. The Morgan fingerprint density at radius 1 is 0.960 bits per heavy atom. The fourth-order valence-electron chi connectivity index (χ4n) is 1.71. The van der Waals surface area contributed by atoms with E-state index in [0.29, 0.717) is 12.1 Å². The molecule has 0 aliphatic carbocycles. The lowest BCUT2D eigenvalue weighted by molar-refractivity contribution is -0.143. The Balaban J connectivity index is 2.20. The minimum atomic E-state index is -5.07. The fraction of sp³-hybridized carbons (Fsp3) is 0.231. The van der Waals surface area contributed by atoms with E-state index >= 15 is 0 Å². The number of anilines is 1. The maximum absolute atomic E-state index is 12.7. The summed E-state index contributed by atoms with van der Waals surface area (Å²) in [5.41, 5.74) is -4.02. The third-order valence-corrected chi connectivity index (χ3v) is 2.77. The fourth-order valence-corrected chi connectivity index (χ4v) is 1.71. The second-order valence-electron chi connectivity index (χ2n) is 4.61. The lowest BCUT2D eigenvalue weighted by atomic mass is 10.1. The smallest absolute Gasteiger partial charge is 0.416 e. The van der Waals surface area contributed by atoms with Crippen LogP contribution >= 0.6 is 0 Å². The molecule has 1 aromatic carbocycles. The molecule has 6 nitrogen and oxygen atoms in total. The molecule has 25 heavy (non-hydrogen) atoms. The quantitative estimate of drug-likeness (QED) is 0.784. The number of hydrogen-bond donors (Lipinski definition) is 2. The van der Waals surface area contributed by atoms with Crippen molar-refractivity contribution < 1.29 is 45.4 Å². The van der Waals surface area contributed by atoms with Gasteiger partial charge in [-0.15, -0.1) is 0 Å². The number of ether oxygens (including phenoxy) is 2. The molecule has 12 heteroatoms. The Morgan fingerprint density at radius 3 is 1.96 bits per heavy atom. The summed E-state index contributed by atoms with van der Waals surface area (Å²) in [5.74, 6) is -1.46. The van der Waals surface area contributed by atoms with Crippen molar-refractivity contribution in [2.24, 2.45) is 0 Å². The number of rotatable bonds is 2. The van der Waals surface area contributed by atoms with Gasteiger partial charge in [-0.25, -0.2) is 4.79 Å². The normalized spacial score (nSPS) is 14.2. The average Bonchev–Trinajstić information content (AvgIpc) is 2.99. The van der Waals surface area contributed by atoms with Gasteiger partial charge in [0.2, 0.25) is 12.6 Å². The van der Waals surface area contributed by atoms with E-state index in [1.807, 2.05) is 0 Å². The van der Waals surface area contributed by atoms with Crippen LogP contribution in [-0.2, 0) is 26.6 Å². The molecular weight excluding hydrogens is 362 g/mol. The first kappa shape index (κ1) is 18.4. The van der Waals surface area contributed by atoms with Gasteiger partial charge in [0.1, 0.15) is 6.26 Å². The molecule has 0 saturated carbocycles. The van der Waals surface area contributed by atoms with Gasteiger partial charge in [0, 0.05) is 5.69 Å². The Hall–Kier alpha value is -2.92. The second kappa shape index (κ2) is 6.53. The lowest BCUT2D eigenvalue weighted by Gasteiger charge is -2.14. The summed E-state index contributed by atoms with van der Waals surface area (Å²) in [6, 6.07) is -0.849. The summed E-state index contributed by atoms with van der Waals surface area (Å²) in [7, 11) is 0. The van der Waals surface area contributed by atoms with E-state index in [1.165, 1.54) is 0 Å². The minimum absolute atomic E-state index is 0.0945. The van der Waals surface area contributed by atoms with Gasteiger partial charge >= 0.3 is 18.4 Å². The van der Waals surface area contributed by atoms with Crippen LogP contribution in [0.3, 0.4) is 0 Å². The van der Waals surface area contributed by atoms with Gasteiger partial charge in [0.05, 0.1) is 11.1 Å². The molecule has 0 unspecified atom stereocenters. The summed E-state index contributed by atoms with van der Waals surface area (Å²) < 4.78 is 85.4. The van der Waals surface area contributed by atoms with E-state index < -0.39 is 41.1 Å². The number of nitrogens with one attached hydrogen (secondary N) is 2. The zero-order valence-electron chi connectivity index (χ0n) is 11.9. The first-order valence-electron chi connectivity index (χ1n) is 6.33. The van der Waals surface area contributed by atoms with Crippen LogP contribution in [0.25, 0.3) is 0 Å². The molecule has 0 radical (unpaired) electrons. The number of benzene rings is 1. The number of urea groups is 1. The highest BCUT2D eigenvalue weighted by molar-refractivity contribution is 6.06. The van der Waals surface area contributed by atoms with Crippen LogP contribution in [0.2, 0.25) is 0 Å². The number of carbonyl (C=O) groups is 2. The Kier molecular flexibility index (Phi) is 4.81. The first-order valence-corrected chi connectivity index (χ1v) is 6.33. The van der Waals surface area contributed by atoms with Gasteiger partial charge in [-0.05, 0) is 18.2 Å². The molecule has 1 aliphatic rings. The zero-order chi connectivity index (χ0) is 18.8. The molecule has 1 aromatic rings. The van der Waals surface area contributed by atoms with Crippen molar-refractivity contribution >= 4 is 17.6 Å². The number of carbonyl (C=O) groups excluding carboxylic acids is 2. The van der Waals surface area contributed by atoms with Crippen molar-refractivity contribution in [2.75, 3.05) is 12.1 Å². The van der Waals surface area contributed by atoms with Crippen molar-refractivity contribution in [2.45, 2.75) is 12.4 Å². The van der Waals surface area contributed by atoms with Gasteiger partial charge in [-0.3, -0.25) is 10.1 Å². The highest BCUT2D eigenvalue weighted by Crippen LogP contribution is 2.37. The summed E-state index contributed by atoms with van der Waals surface area (Å²) in [6.07, 6.45) is -9.25. The number of imide groups is 1. The van der Waals surface area contributed by atoms with Crippen molar-refractivity contribution in [3.63, 3.8) is 0 Å². The van der Waals surface area contributed by atoms with E-state index in [0.717, 1.165) is 6.26 Å². The van der Waals surface area contributed by atoms with Gasteiger partial charge in [-0.1, -0.05) is 0 Å². The van der Waals surface area contributed by atoms with Crippen LogP contribution < -0.4 is 10.6 Å². The number of alkyl halides is 6. The Labute approximate surface area is 135 Å². The predicted octanol–water partition coefficient (Wildman–Crippen LogP) is 3.22. The summed E-state index contributed by atoms with van der Waals surface area (Å²) >= 11 is 0. The largest absolute Gasteiger partial charge is 0.461 e.